The summed E-state index contributed by atoms with van der Waals surface area (Å²) in [6.07, 6.45) is 3.66. The van der Waals surface area contributed by atoms with Gasteiger partial charge in [0.25, 0.3) is 5.56 Å². The fourth-order valence-electron chi connectivity index (χ4n) is 4.50. The zero-order valence-corrected chi connectivity index (χ0v) is 23.9. The van der Waals surface area contributed by atoms with Gasteiger partial charge < -0.3 is 13.9 Å². The molecule has 0 bridgehead atoms. The van der Waals surface area contributed by atoms with Crippen LogP contribution in [0.3, 0.4) is 0 Å². The second kappa shape index (κ2) is 11.5. The summed E-state index contributed by atoms with van der Waals surface area (Å²) in [5.74, 6) is 0.162. The number of aromatic nitrogens is 1. The molecule has 0 spiro atoms. The summed E-state index contributed by atoms with van der Waals surface area (Å²) in [5.41, 5.74) is 2.58. The highest BCUT2D eigenvalue weighted by Gasteiger charge is 2.33. The molecule has 1 aliphatic heterocycles. The van der Waals surface area contributed by atoms with Crippen LogP contribution in [0, 0.1) is 0 Å². The molecule has 0 radical (unpaired) electrons. The number of thioether (sulfide) groups is 1. The Kier molecular flexibility index (Phi) is 7.90. The van der Waals surface area contributed by atoms with Crippen LogP contribution in [-0.4, -0.2) is 36.5 Å². The Balaban J connectivity index is 1.57. The van der Waals surface area contributed by atoms with E-state index in [-0.39, 0.29) is 12.2 Å². The maximum atomic E-state index is 13.8. The predicted molar refractivity (Wildman–Crippen MR) is 154 cm³/mol. The predicted octanol–water partition coefficient (Wildman–Crippen LogP) is 4.57. The van der Waals surface area contributed by atoms with Gasteiger partial charge in [0, 0.05) is 16.5 Å². The lowest BCUT2D eigenvalue weighted by Crippen LogP contribution is -2.39. The van der Waals surface area contributed by atoms with Crippen LogP contribution in [0.1, 0.15) is 41.6 Å². The Labute approximate surface area is 238 Å². The fourth-order valence-corrected chi connectivity index (χ4v) is 5.93. The minimum atomic E-state index is -0.672. The minimum absolute atomic E-state index is 0.213. The first kappa shape index (κ1) is 27.4. The van der Waals surface area contributed by atoms with Crippen LogP contribution in [-0.2, 0) is 14.3 Å². The summed E-state index contributed by atoms with van der Waals surface area (Å²) < 4.78 is 18.1. The van der Waals surface area contributed by atoms with Crippen molar-refractivity contribution in [1.82, 2.24) is 4.57 Å². The van der Waals surface area contributed by atoms with Crippen molar-refractivity contribution in [3.05, 3.63) is 109 Å². The van der Waals surface area contributed by atoms with Gasteiger partial charge >= 0.3 is 11.9 Å². The molecule has 10 heteroatoms. The van der Waals surface area contributed by atoms with Crippen LogP contribution in [0.4, 0.5) is 0 Å². The number of rotatable bonds is 7. The molecule has 8 nitrogen and oxygen atoms in total. The van der Waals surface area contributed by atoms with Crippen molar-refractivity contribution in [3.8, 4) is 11.3 Å². The summed E-state index contributed by atoms with van der Waals surface area (Å²) in [6.45, 7) is 3.72. The number of hydrogen-bond acceptors (Lipinski definition) is 9. The molecule has 0 saturated heterocycles. The Morgan fingerprint density at radius 1 is 1.07 bits per heavy atom. The lowest BCUT2D eigenvalue weighted by Gasteiger charge is -2.24. The van der Waals surface area contributed by atoms with Gasteiger partial charge in [0.2, 0.25) is 0 Å². The molecule has 0 saturated carbocycles. The van der Waals surface area contributed by atoms with Crippen LogP contribution >= 0.6 is 23.1 Å². The van der Waals surface area contributed by atoms with E-state index in [2.05, 4.69) is 4.99 Å². The van der Waals surface area contributed by atoms with Crippen molar-refractivity contribution in [2.75, 3.05) is 20.0 Å². The summed E-state index contributed by atoms with van der Waals surface area (Å²) in [5, 5.41) is 0. The second-order valence-corrected chi connectivity index (χ2v) is 10.7. The van der Waals surface area contributed by atoms with E-state index in [4.69, 9.17) is 13.9 Å². The highest BCUT2D eigenvalue weighted by molar-refractivity contribution is 7.98. The number of benzene rings is 2. The third-order valence-electron chi connectivity index (χ3n) is 6.44. The quantitative estimate of drug-likeness (QED) is 0.236. The van der Waals surface area contributed by atoms with E-state index < -0.39 is 18.0 Å². The zero-order valence-electron chi connectivity index (χ0n) is 22.3. The molecule has 2 aromatic heterocycles. The molecule has 2 aromatic carbocycles. The van der Waals surface area contributed by atoms with Crippen molar-refractivity contribution < 1.29 is 23.5 Å². The molecule has 0 aliphatic carbocycles. The van der Waals surface area contributed by atoms with Crippen LogP contribution in [0.15, 0.2) is 91.0 Å². The minimum Gasteiger partial charge on any atom is -0.465 e. The Hall–Kier alpha value is -4.15. The number of thiazole rings is 1. The van der Waals surface area contributed by atoms with Gasteiger partial charge in [-0.3, -0.25) is 9.36 Å². The number of carbonyl (C=O) groups excluding carboxylic acids is 2. The van der Waals surface area contributed by atoms with E-state index in [1.165, 1.54) is 18.4 Å². The lowest BCUT2D eigenvalue weighted by atomic mass is 9.96. The first-order valence-electron chi connectivity index (χ1n) is 12.5. The van der Waals surface area contributed by atoms with E-state index in [0.29, 0.717) is 37.7 Å². The van der Waals surface area contributed by atoms with Crippen molar-refractivity contribution in [3.63, 3.8) is 0 Å². The van der Waals surface area contributed by atoms with Crippen LogP contribution in [0.25, 0.3) is 17.4 Å². The van der Waals surface area contributed by atoms with E-state index >= 15 is 0 Å². The molecular weight excluding hydrogens is 548 g/mol. The number of furan rings is 1. The number of nitrogens with zero attached hydrogens (tertiary/aromatic N) is 2. The largest absolute Gasteiger partial charge is 0.465 e. The summed E-state index contributed by atoms with van der Waals surface area (Å²) in [6, 6.07) is 17.6. The third-order valence-corrected chi connectivity index (χ3v) is 8.17. The van der Waals surface area contributed by atoms with E-state index in [9.17, 15) is 14.4 Å². The van der Waals surface area contributed by atoms with E-state index in [1.54, 1.807) is 72.7 Å². The molecule has 204 valence electrons. The van der Waals surface area contributed by atoms with Gasteiger partial charge in [-0.05, 0) is 62.1 Å². The highest BCUT2D eigenvalue weighted by atomic mass is 32.2. The van der Waals surface area contributed by atoms with Crippen molar-refractivity contribution in [2.45, 2.75) is 24.8 Å². The number of ether oxygens (including phenoxy) is 2. The Morgan fingerprint density at radius 3 is 2.45 bits per heavy atom. The van der Waals surface area contributed by atoms with Crippen molar-refractivity contribution >= 4 is 41.1 Å². The van der Waals surface area contributed by atoms with Crippen molar-refractivity contribution in [1.29, 1.82) is 0 Å². The van der Waals surface area contributed by atoms with E-state index in [1.807, 2.05) is 30.5 Å². The molecule has 1 atom stereocenters. The maximum Gasteiger partial charge on any atom is 0.338 e. The number of allylic oxidation sites excluding steroid dienone is 1. The van der Waals surface area contributed by atoms with Crippen molar-refractivity contribution in [2.24, 2.45) is 4.99 Å². The molecule has 0 fully saturated rings. The average molecular weight is 575 g/mol. The third kappa shape index (κ3) is 5.20. The van der Waals surface area contributed by atoms with Gasteiger partial charge in [-0.15, -0.1) is 11.8 Å². The molecule has 3 heterocycles. The maximum absolute atomic E-state index is 13.8. The smallest absolute Gasteiger partial charge is 0.338 e. The molecule has 0 amide bonds. The molecular formula is C30H26N2O6S2. The standard InChI is InChI=1S/C30H26N2O6S2/c1-5-37-29(35)25-17(2)31-30-32(26(25)19-10-13-22(39-4)14-11-19)27(33)24(40-30)16-21-12-15-23(38-21)18-6-8-20(9-7-18)28(34)36-3/h6-16,26H,5H2,1-4H3/b24-16-/t26-/m0/s1. The topological polar surface area (TPSA) is 100 Å². The van der Waals surface area contributed by atoms with Gasteiger partial charge in [-0.25, -0.2) is 14.6 Å². The normalized spacial score (nSPS) is 15.0. The highest BCUT2D eigenvalue weighted by Crippen LogP contribution is 2.32. The first-order chi connectivity index (χ1) is 19.3. The number of fused-ring (bicyclic) bond motifs is 1. The Morgan fingerprint density at radius 2 is 1.80 bits per heavy atom. The van der Waals surface area contributed by atoms with E-state index in [0.717, 1.165) is 16.0 Å². The average Bonchev–Trinajstić information content (AvgIpc) is 3.56. The fraction of sp³-hybridized carbons (Fsp3) is 0.200. The summed E-state index contributed by atoms with van der Waals surface area (Å²) in [4.78, 5) is 44.7. The molecule has 5 rings (SSSR count). The lowest BCUT2D eigenvalue weighted by molar-refractivity contribution is -0.139. The van der Waals surface area contributed by atoms with Crippen LogP contribution < -0.4 is 14.9 Å². The van der Waals surface area contributed by atoms with Crippen LogP contribution in [0.5, 0.6) is 0 Å². The first-order valence-corrected chi connectivity index (χ1v) is 14.5. The Bertz CT molecular complexity index is 1790. The monoisotopic (exact) mass is 574 g/mol. The molecule has 0 N–H and O–H groups in total. The second-order valence-electron chi connectivity index (χ2n) is 8.85. The van der Waals surface area contributed by atoms with Crippen LogP contribution in [0.2, 0.25) is 0 Å². The molecule has 4 aromatic rings. The summed E-state index contributed by atoms with van der Waals surface area (Å²) >= 11 is 2.85. The SMILES string of the molecule is CCOC(=O)C1=C(C)N=c2s/c(=C\c3ccc(-c4ccc(C(=O)OC)cc4)o3)c(=O)n2[C@H]1c1ccc(SC)cc1. The number of esters is 2. The molecule has 0 unspecified atom stereocenters. The van der Waals surface area contributed by atoms with Gasteiger partial charge in [0.05, 0.1) is 41.1 Å². The molecule has 1 aliphatic rings. The summed E-state index contributed by atoms with van der Waals surface area (Å²) in [7, 11) is 1.33. The molecule has 40 heavy (non-hydrogen) atoms. The number of methoxy groups -OCH3 is 1. The number of carbonyl (C=O) groups is 2. The van der Waals surface area contributed by atoms with Gasteiger partial charge in [0.15, 0.2) is 4.80 Å². The van der Waals surface area contributed by atoms with Gasteiger partial charge in [-0.2, -0.15) is 0 Å². The van der Waals surface area contributed by atoms with Gasteiger partial charge in [-0.1, -0.05) is 35.6 Å². The number of hydrogen-bond donors (Lipinski definition) is 0. The van der Waals surface area contributed by atoms with Gasteiger partial charge in [0.1, 0.15) is 11.5 Å². The zero-order chi connectivity index (χ0) is 28.4.